The Balaban J connectivity index is 1.95. The molecule has 0 aliphatic carbocycles. The Morgan fingerprint density at radius 3 is 2.43 bits per heavy atom. The van der Waals surface area contributed by atoms with E-state index in [1.807, 2.05) is 0 Å². The third-order valence-electron chi connectivity index (χ3n) is 3.05. The molecule has 3 aromatic rings. The molecule has 1 aromatic heterocycles. The van der Waals surface area contributed by atoms with Crippen LogP contribution < -0.4 is 0 Å². The fourth-order valence-corrected chi connectivity index (χ4v) is 1.96. The monoisotopic (exact) mass is 281 g/mol. The summed E-state index contributed by atoms with van der Waals surface area (Å²) in [5.74, 6) is -0.866. The molecule has 0 aliphatic heterocycles. The van der Waals surface area contributed by atoms with Gasteiger partial charge in [0.15, 0.2) is 0 Å². The van der Waals surface area contributed by atoms with Crippen molar-refractivity contribution >= 4 is 5.97 Å². The van der Waals surface area contributed by atoms with Crippen LogP contribution in [0.5, 0.6) is 5.75 Å². The predicted octanol–water partition coefficient (Wildman–Crippen LogP) is 2.34. The summed E-state index contributed by atoms with van der Waals surface area (Å²) in [6.45, 7) is 0. The van der Waals surface area contributed by atoms with Crippen molar-refractivity contribution in [2.24, 2.45) is 0 Å². The Hall–Kier alpha value is -3.15. The lowest BCUT2D eigenvalue weighted by Gasteiger charge is -2.01. The molecule has 0 saturated heterocycles. The van der Waals surface area contributed by atoms with Gasteiger partial charge >= 0.3 is 5.97 Å². The van der Waals surface area contributed by atoms with Crippen LogP contribution in [0, 0.1) is 0 Å². The molecule has 2 aromatic carbocycles. The van der Waals surface area contributed by atoms with E-state index in [4.69, 9.17) is 5.11 Å². The van der Waals surface area contributed by atoms with Crippen LogP contribution in [-0.2, 0) is 0 Å². The van der Waals surface area contributed by atoms with E-state index >= 15 is 0 Å². The lowest BCUT2D eigenvalue weighted by Crippen LogP contribution is -1.95. The van der Waals surface area contributed by atoms with Gasteiger partial charge in [-0.3, -0.25) is 0 Å². The zero-order valence-corrected chi connectivity index (χ0v) is 10.8. The van der Waals surface area contributed by atoms with Gasteiger partial charge in [-0.05, 0) is 24.3 Å². The molecule has 0 fully saturated rings. The maximum absolute atomic E-state index is 10.8. The second kappa shape index (κ2) is 5.09. The van der Waals surface area contributed by atoms with Gasteiger partial charge in [0.2, 0.25) is 0 Å². The van der Waals surface area contributed by atoms with Crippen LogP contribution in [-0.4, -0.2) is 31.2 Å². The largest absolute Gasteiger partial charge is 0.506 e. The highest BCUT2D eigenvalue weighted by Gasteiger charge is 2.09. The highest BCUT2D eigenvalue weighted by Crippen LogP contribution is 2.22. The molecule has 0 amide bonds. The van der Waals surface area contributed by atoms with E-state index in [9.17, 15) is 9.90 Å². The van der Waals surface area contributed by atoms with Crippen LogP contribution in [0.1, 0.15) is 10.4 Å². The number of aromatic carboxylic acids is 1. The van der Waals surface area contributed by atoms with Gasteiger partial charge in [0.25, 0.3) is 0 Å². The minimum Gasteiger partial charge on any atom is -0.506 e. The van der Waals surface area contributed by atoms with Crippen LogP contribution in [0.3, 0.4) is 0 Å². The van der Waals surface area contributed by atoms with E-state index in [1.54, 1.807) is 42.6 Å². The van der Waals surface area contributed by atoms with Crippen molar-refractivity contribution < 1.29 is 15.0 Å². The minimum absolute atomic E-state index is 0.107. The molecule has 1 heterocycles. The number of hydrogen-bond donors (Lipinski definition) is 2. The molecule has 0 spiro atoms. The van der Waals surface area contributed by atoms with Crippen molar-refractivity contribution in [2.75, 3.05) is 0 Å². The van der Waals surface area contributed by atoms with Gasteiger partial charge in [-0.25, -0.2) is 9.48 Å². The van der Waals surface area contributed by atoms with Crippen LogP contribution in [0.4, 0.5) is 0 Å². The standard InChI is InChI=1S/C15H11N3O3/c19-14-4-2-1-3-13(14)18-9-12(16-17-18)10-5-7-11(8-6-10)15(20)21/h1-9,19H,(H,20,21). The first-order chi connectivity index (χ1) is 10.1. The topological polar surface area (TPSA) is 88.2 Å². The number of carboxylic acid groups (broad SMARTS) is 1. The Morgan fingerprint density at radius 2 is 1.76 bits per heavy atom. The molecule has 2 N–H and O–H groups in total. The van der Waals surface area contributed by atoms with Crippen molar-refractivity contribution in [1.29, 1.82) is 0 Å². The first kappa shape index (κ1) is 12.9. The Bertz CT molecular complexity index is 794. The van der Waals surface area contributed by atoms with Crippen LogP contribution in [0.15, 0.2) is 54.7 Å². The summed E-state index contributed by atoms with van der Waals surface area (Å²) in [4.78, 5) is 10.8. The van der Waals surface area contributed by atoms with E-state index in [1.165, 1.54) is 16.8 Å². The van der Waals surface area contributed by atoms with Gasteiger partial charge in [0, 0.05) is 5.56 Å². The number of para-hydroxylation sites is 2. The van der Waals surface area contributed by atoms with Crippen molar-refractivity contribution in [3.05, 3.63) is 60.3 Å². The lowest BCUT2D eigenvalue weighted by molar-refractivity contribution is 0.0697. The molecule has 0 bridgehead atoms. The second-order valence-electron chi connectivity index (χ2n) is 4.42. The number of phenolic OH excluding ortho intramolecular Hbond substituents is 1. The summed E-state index contributed by atoms with van der Waals surface area (Å²) in [7, 11) is 0. The second-order valence-corrected chi connectivity index (χ2v) is 4.42. The first-order valence-electron chi connectivity index (χ1n) is 6.19. The van der Waals surface area contributed by atoms with Gasteiger partial charge in [-0.1, -0.05) is 29.5 Å². The number of hydrogen-bond acceptors (Lipinski definition) is 4. The van der Waals surface area contributed by atoms with Crippen molar-refractivity contribution in [3.8, 4) is 22.7 Å². The fraction of sp³-hybridized carbons (Fsp3) is 0. The molecule has 0 unspecified atom stereocenters. The SMILES string of the molecule is O=C(O)c1ccc(-c2cn(-c3ccccc3O)nn2)cc1. The maximum atomic E-state index is 10.8. The Labute approximate surface area is 119 Å². The smallest absolute Gasteiger partial charge is 0.335 e. The molecule has 0 saturated carbocycles. The highest BCUT2D eigenvalue weighted by molar-refractivity contribution is 5.88. The summed E-state index contributed by atoms with van der Waals surface area (Å²) in [6, 6.07) is 13.2. The van der Waals surface area contributed by atoms with Crippen molar-refractivity contribution in [2.45, 2.75) is 0 Å². The number of carboxylic acids is 1. The summed E-state index contributed by atoms with van der Waals surface area (Å²) < 4.78 is 1.47. The van der Waals surface area contributed by atoms with Gasteiger partial charge in [0.1, 0.15) is 17.1 Å². The first-order valence-corrected chi connectivity index (χ1v) is 6.19. The van der Waals surface area contributed by atoms with E-state index in [0.717, 1.165) is 5.56 Å². The van der Waals surface area contributed by atoms with Crippen molar-refractivity contribution in [3.63, 3.8) is 0 Å². The number of aromatic hydroxyl groups is 1. The summed E-state index contributed by atoms with van der Waals surface area (Å²) in [5.41, 5.74) is 2.09. The molecular formula is C15H11N3O3. The number of phenols is 1. The predicted molar refractivity (Wildman–Crippen MR) is 75.4 cm³/mol. The van der Waals surface area contributed by atoms with Crippen LogP contribution in [0.2, 0.25) is 0 Å². The molecule has 6 heteroatoms. The molecule has 0 aliphatic rings. The van der Waals surface area contributed by atoms with Crippen molar-refractivity contribution in [1.82, 2.24) is 15.0 Å². The molecule has 104 valence electrons. The number of nitrogens with zero attached hydrogens (tertiary/aromatic N) is 3. The van der Waals surface area contributed by atoms with Gasteiger partial charge in [-0.2, -0.15) is 0 Å². The lowest BCUT2D eigenvalue weighted by atomic mass is 10.1. The molecule has 21 heavy (non-hydrogen) atoms. The minimum atomic E-state index is -0.973. The van der Waals surface area contributed by atoms with Gasteiger partial charge in [-0.15, -0.1) is 5.10 Å². The van der Waals surface area contributed by atoms with E-state index in [2.05, 4.69) is 10.3 Å². The number of carbonyl (C=O) groups is 1. The quantitative estimate of drug-likeness (QED) is 0.769. The average molecular weight is 281 g/mol. The number of rotatable bonds is 3. The normalized spacial score (nSPS) is 10.5. The molecular weight excluding hydrogens is 270 g/mol. The van der Waals surface area contributed by atoms with Gasteiger partial charge < -0.3 is 10.2 Å². The highest BCUT2D eigenvalue weighted by atomic mass is 16.4. The number of aromatic nitrogens is 3. The molecule has 0 atom stereocenters. The summed E-state index contributed by atoms with van der Waals surface area (Å²) in [5, 5.41) is 26.7. The molecule has 6 nitrogen and oxygen atoms in total. The average Bonchev–Trinajstić information content (AvgIpc) is 2.97. The zero-order chi connectivity index (χ0) is 14.8. The molecule has 3 rings (SSSR count). The zero-order valence-electron chi connectivity index (χ0n) is 10.8. The van der Waals surface area contributed by atoms with Crippen LogP contribution in [0.25, 0.3) is 16.9 Å². The van der Waals surface area contributed by atoms with E-state index < -0.39 is 5.97 Å². The maximum Gasteiger partial charge on any atom is 0.335 e. The van der Waals surface area contributed by atoms with E-state index in [0.29, 0.717) is 11.4 Å². The Kier molecular flexibility index (Phi) is 3.12. The van der Waals surface area contributed by atoms with Crippen LogP contribution >= 0.6 is 0 Å². The third-order valence-corrected chi connectivity index (χ3v) is 3.05. The summed E-state index contributed by atoms with van der Waals surface area (Å²) in [6.07, 6.45) is 1.67. The summed E-state index contributed by atoms with van der Waals surface area (Å²) >= 11 is 0. The third kappa shape index (κ3) is 2.46. The number of benzene rings is 2. The fourth-order valence-electron chi connectivity index (χ4n) is 1.96. The Morgan fingerprint density at radius 1 is 1.05 bits per heavy atom. The molecule has 0 radical (unpaired) electrons. The van der Waals surface area contributed by atoms with Gasteiger partial charge in [0.05, 0.1) is 11.8 Å². The van der Waals surface area contributed by atoms with E-state index in [-0.39, 0.29) is 11.3 Å².